The number of carbonyl (C=O) groups excluding carboxylic acids is 1. The van der Waals surface area contributed by atoms with Gasteiger partial charge in [0.2, 0.25) is 0 Å². The SMILES string of the molecule is CC1(O)CC2(OC(=O)C(C)(I)C3N[I-]3)CC3(O)CC3(C1)C2. The van der Waals surface area contributed by atoms with E-state index < -0.39 is 20.2 Å². The third kappa shape index (κ3) is 2.20. The second kappa shape index (κ2) is 4.07. The minimum atomic E-state index is -0.855. The molecule has 3 N–H and O–H groups in total. The topological polar surface area (TPSA) is 88.7 Å². The Balaban J connectivity index is 1.58. The van der Waals surface area contributed by atoms with E-state index in [1.54, 1.807) is 6.92 Å². The molecule has 0 aromatic rings. The molecule has 3 aliphatic carbocycles. The number of rotatable bonds is 3. The fraction of sp³-hybridized carbons (Fsp3) is 0.929. The molecule has 1 spiro atoms. The summed E-state index contributed by atoms with van der Waals surface area (Å²) in [5, 5.41) is 21.2. The molecule has 4 rings (SSSR count). The molecule has 0 radical (unpaired) electrons. The van der Waals surface area contributed by atoms with Crippen molar-refractivity contribution in [1.82, 2.24) is 3.53 Å². The van der Waals surface area contributed by atoms with E-state index >= 15 is 0 Å². The number of fused-ring (bicyclic) bond motifs is 1. The number of carbonyl (C=O) groups is 1. The van der Waals surface area contributed by atoms with Crippen molar-refractivity contribution in [3.8, 4) is 0 Å². The first-order valence-electron chi connectivity index (χ1n) is 7.27. The molecule has 5 nitrogen and oxygen atoms in total. The van der Waals surface area contributed by atoms with Crippen molar-refractivity contribution in [2.24, 2.45) is 5.41 Å². The predicted octanol–water partition coefficient (Wildman–Crippen LogP) is -2.14. The van der Waals surface area contributed by atoms with E-state index in [4.69, 9.17) is 4.74 Å². The Kier molecular flexibility index (Phi) is 2.97. The van der Waals surface area contributed by atoms with E-state index in [9.17, 15) is 15.0 Å². The summed E-state index contributed by atoms with van der Waals surface area (Å²) in [5.41, 5.74) is -2.47. The molecule has 0 aromatic heterocycles. The Hall–Kier alpha value is 0.810. The molecule has 1 heterocycles. The third-order valence-electron chi connectivity index (χ3n) is 5.59. The molecule has 4 aliphatic rings. The first-order valence-corrected chi connectivity index (χ1v) is 10.7. The normalized spacial score (nSPS) is 56.7. The van der Waals surface area contributed by atoms with Crippen LogP contribution < -0.4 is 25.0 Å². The van der Waals surface area contributed by atoms with Crippen LogP contribution in [0.15, 0.2) is 0 Å². The van der Waals surface area contributed by atoms with E-state index in [1.807, 2.05) is 6.92 Å². The fourth-order valence-corrected chi connectivity index (χ4v) is 8.14. The zero-order chi connectivity index (χ0) is 15.3. The summed E-state index contributed by atoms with van der Waals surface area (Å²) in [7, 11) is 0. The quantitative estimate of drug-likeness (QED) is 0.0988. The number of esters is 1. The number of hydrogen-bond acceptors (Lipinski definition) is 5. The Morgan fingerprint density at radius 1 is 1.33 bits per heavy atom. The van der Waals surface area contributed by atoms with Gasteiger partial charge in [0, 0.05) is 0 Å². The van der Waals surface area contributed by atoms with Crippen LogP contribution in [0.1, 0.15) is 46.0 Å². The van der Waals surface area contributed by atoms with Gasteiger partial charge in [-0.25, -0.2) is 0 Å². The second-order valence-corrected chi connectivity index (χ2v) is 12.7. The molecule has 21 heavy (non-hydrogen) atoms. The summed E-state index contributed by atoms with van der Waals surface area (Å²) >= 11 is 2.11. The van der Waals surface area contributed by atoms with Gasteiger partial charge in [-0.2, -0.15) is 0 Å². The zero-order valence-corrected chi connectivity index (χ0v) is 16.4. The van der Waals surface area contributed by atoms with Crippen molar-refractivity contribution < 1.29 is 41.2 Å². The fourth-order valence-electron chi connectivity index (χ4n) is 4.85. The van der Waals surface area contributed by atoms with Crippen LogP contribution >= 0.6 is 22.6 Å². The van der Waals surface area contributed by atoms with Gasteiger partial charge in [-0.1, -0.05) is 0 Å². The van der Waals surface area contributed by atoms with Gasteiger partial charge >= 0.3 is 149 Å². The van der Waals surface area contributed by atoms with E-state index in [0.717, 1.165) is 6.42 Å². The number of ether oxygens (including phenoxy) is 1. The summed E-state index contributed by atoms with van der Waals surface area (Å²) < 4.78 is 8.96. The Bertz CT molecular complexity index is 526. The summed E-state index contributed by atoms with van der Waals surface area (Å²) in [6, 6.07) is 0. The van der Waals surface area contributed by atoms with Gasteiger partial charge in [-0.05, 0) is 0 Å². The van der Waals surface area contributed by atoms with Crippen molar-refractivity contribution in [2.45, 2.75) is 70.2 Å². The van der Waals surface area contributed by atoms with Gasteiger partial charge < -0.3 is 0 Å². The molecule has 0 aromatic carbocycles. The van der Waals surface area contributed by atoms with E-state index in [2.05, 4.69) is 26.1 Å². The van der Waals surface area contributed by atoms with Crippen LogP contribution in [-0.2, 0) is 9.53 Å². The monoisotopic (exact) mass is 520 g/mol. The molecule has 6 atom stereocenters. The summed E-state index contributed by atoms with van der Waals surface area (Å²) in [4.78, 5) is 12.6. The molecule has 1 aliphatic heterocycles. The van der Waals surface area contributed by atoms with Crippen LogP contribution in [-0.4, -0.2) is 40.5 Å². The van der Waals surface area contributed by atoms with E-state index in [1.165, 1.54) is 0 Å². The van der Waals surface area contributed by atoms with Crippen LogP contribution in [0.4, 0.5) is 0 Å². The average molecular weight is 520 g/mol. The van der Waals surface area contributed by atoms with Crippen LogP contribution in [0, 0.1) is 5.41 Å². The summed E-state index contributed by atoms with van der Waals surface area (Å²) in [6.07, 6.45) is 3.00. The predicted molar refractivity (Wildman–Crippen MR) is 79.3 cm³/mol. The number of aliphatic hydroxyl groups is 2. The van der Waals surface area contributed by atoms with Gasteiger partial charge in [-0.3, -0.25) is 0 Å². The van der Waals surface area contributed by atoms with Crippen LogP contribution in [0.5, 0.6) is 0 Å². The number of alkyl halides is 2. The van der Waals surface area contributed by atoms with Gasteiger partial charge in [0.1, 0.15) is 0 Å². The molecule has 120 valence electrons. The van der Waals surface area contributed by atoms with E-state index in [-0.39, 0.29) is 36.9 Å². The van der Waals surface area contributed by atoms with Crippen LogP contribution in [0.25, 0.3) is 0 Å². The summed E-state index contributed by atoms with van der Waals surface area (Å²) in [6.45, 7) is 3.72. The molecule has 1 saturated heterocycles. The molecular formula is C14H20I2NO4-. The third-order valence-corrected chi connectivity index (χ3v) is 10.3. The van der Waals surface area contributed by atoms with Crippen molar-refractivity contribution in [2.75, 3.05) is 0 Å². The molecule has 0 amide bonds. The molecule has 7 heteroatoms. The number of nitrogens with one attached hydrogen (secondary N) is 1. The van der Waals surface area contributed by atoms with Gasteiger partial charge in [0.05, 0.1) is 0 Å². The Morgan fingerprint density at radius 3 is 2.62 bits per heavy atom. The molecule has 4 fully saturated rings. The van der Waals surface area contributed by atoms with Crippen molar-refractivity contribution >= 4 is 28.6 Å². The van der Waals surface area contributed by atoms with Crippen molar-refractivity contribution in [1.29, 1.82) is 0 Å². The van der Waals surface area contributed by atoms with Crippen LogP contribution in [0.3, 0.4) is 0 Å². The molecule has 6 unspecified atom stereocenters. The van der Waals surface area contributed by atoms with Crippen LogP contribution in [0.2, 0.25) is 0 Å². The van der Waals surface area contributed by atoms with E-state index in [0.29, 0.717) is 25.7 Å². The molecule has 3 saturated carbocycles. The maximum absolute atomic E-state index is 12.6. The van der Waals surface area contributed by atoms with Crippen molar-refractivity contribution in [3.63, 3.8) is 0 Å². The number of hydrogen-bond donors (Lipinski definition) is 3. The molecular weight excluding hydrogens is 500 g/mol. The minimum absolute atomic E-state index is 0.0731. The first-order chi connectivity index (χ1) is 9.52. The maximum atomic E-state index is 12.6. The average Bonchev–Trinajstić information content (AvgIpc) is 3.13. The first kappa shape index (κ1) is 15.3. The standard InChI is InChI=1S/C14H20I2NO4/c1-10(19)3-12-5-13(4-10,7-14(12,20)6-12)21-9(18)11(2,15)8-16-17-8/h8,17,19-20H,3-7H2,1-2H3/q-1. The summed E-state index contributed by atoms with van der Waals surface area (Å²) in [5.74, 6) is -0.199. The Labute approximate surface area is 148 Å². The van der Waals surface area contributed by atoms with Gasteiger partial charge in [0.15, 0.2) is 0 Å². The Morgan fingerprint density at radius 2 is 2.00 bits per heavy atom. The molecule has 2 bridgehead atoms. The van der Waals surface area contributed by atoms with Gasteiger partial charge in [-0.15, -0.1) is 0 Å². The second-order valence-electron chi connectivity index (χ2n) is 7.92. The van der Waals surface area contributed by atoms with Gasteiger partial charge in [0.25, 0.3) is 0 Å². The van der Waals surface area contributed by atoms with Crippen molar-refractivity contribution in [3.05, 3.63) is 0 Å². The number of halogens is 2. The zero-order valence-electron chi connectivity index (χ0n) is 12.1.